The predicted octanol–water partition coefficient (Wildman–Crippen LogP) is 1.06. The number of hydrogen-bond acceptors (Lipinski definition) is 2. The van der Waals surface area contributed by atoms with E-state index in [0.29, 0.717) is 10.8 Å². The quantitative estimate of drug-likeness (QED) is 0.568. The topological polar surface area (TPSA) is 40.5 Å². The van der Waals surface area contributed by atoms with E-state index in [1.54, 1.807) is 0 Å². The van der Waals surface area contributed by atoms with Gasteiger partial charge in [0.15, 0.2) is 0 Å². The van der Waals surface area contributed by atoms with Crippen molar-refractivity contribution >= 4 is 0 Å². The van der Waals surface area contributed by atoms with Crippen molar-refractivity contribution in [3.63, 3.8) is 0 Å². The van der Waals surface area contributed by atoms with Gasteiger partial charge in [-0.05, 0) is 49.4 Å². The molecule has 0 radical (unpaired) electrons. The molecule has 0 atom stereocenters. The van der Waals surface area contributed by atoms with E-state index >= 15 is 0 Å². The lowest BCUT2D eigenvalue weighted by Gasteiger charge is -2.51. The summed E-state index contributed by atoms with van der Waals surface area (Å²) in [7, 11) is 0. The first-order valence-corrected chi connectivity index (χ1v) is 5.02. The lowest BCUT2D eigenvalue weighted by Crippen LogP contribution is -2.42. The number of aliphatic hydroxyl groups excluding tert-OH is 2. The first-order chi connectivity index (χ1) is 5.66. The van der Waals surface area contributed by atoms with E-state index in [1.807, 2.05) is 0 Å². The van der Waals surface area contributed by atoms with Crippen LogP contribution in [-0.4, -0.2) is 22.4 Å². The Morgan fingerprint density at radius 1 is 0.750 bits per heavy atom. The van der Waals surface area contributed by atoms with E-state index in [4.69, 9.17) is 0 Å². The van der Waals surface area contributed by atoms with Gasteiger partial charge in [0.1, 0.15) is 0 Å². The highest BCUT2D eigenvalue weighted by Crippen LogP contribution is 2.74. The van der Waals surface area contributed by atoms with Gasteiger partial charge in [-0.2, -0.15) is 0 Å². The second-order valence-electron chi connectivity index (χ2n) is 5.18. The van der Waals surface area contributed by atoms with Crippen LogP contribution < -0.4 is 0 Å². The minimum absolute atomic E-state index is 0.0694. The second kappa shape index (κ2) is 1.88. The van der Waals surface area contributed by atoms with Crippen LogP contribution in [0.4, 0.5) is 0 Å². The van der Waals surface area contributed by atoms with E-state index in [9.17, 15) is 10.2 Å². The van der Waals surface area contributed by atoms with Gasteiger partial charge in [-0.1, -0.05) is 0 Å². The van der Waals surface area contributed by atoms with Crippen LogP contribution in [0.5, 0.6) is 0 Å². The highest BCUT2D eigenvalue weighted by molar-refractivity contribution is 5.18. The molecule has 3 aliphatic rings. The van der Waals surface area contributed by atoms with Crippen LogP contribution in [0.3, 0.4) is 0 Å². The first kappa shape index (κ1) is 7.34. The monoisotopic (exact) mass is 168 g/mol. The van der Waals surface area contributed by atoms with E-state index in [0.717, 1.165) is 25.7 Å². The van der Waals surface area contributed by atoms with E-state index in [2.05, 4.69) is 0 Å². The molecule has 12 heavy (non-hydrogen) atoms. The maximum Gasteiger partial charge on any atom is 0.0551 e. The van der Waals surface area contributed by atoms with Gasteiger partial charge in [0, 0.05) is 0 Å². The van der Waals surface area contributed by atoms with Gasteiger partial charge in [0.05, 0.1) is 12.2 Å². The van der Waals surface area contributed by atoms with Crippen molar-refractivity contribution in [3.05, 3.63) is 0 Å². The fourth-order valence-corrected chi connectivity index (χ4v) is 4.22. The Balaban J connectivity index is 1.97. The summed E-state index contributed by atoms with van der Waals surface area (Å²) in [5.74, 6) is 0. The van der Waals surface area contributed by atoms with Crippen LogP contribution in [0, 0.1) is 10.8 Å². The molecule has 3 fully saturated rings. The minimum Gasteiger partial charge on any atom is -0.393 e. The number of rotatable bonds is 0. The fraction of sp³-hybridized carbons (Fsp3) is 1.00. The lowest BCUT2D eigenvalue weighted by molar-refractivity contribution is -0.0164. The molecule has 0 aliphatic heterocycles. The molecule has 0 heterocycles. The van der Waals surface area contributed by atoms with E-state index < -0.39 is 0 Å². The van der Waals surface area contributed by atoms with Gasteiger partial charge < -0.3 is 10.2 Å². The predicted molar refractivity (Wildman–Crippen MR) is 44.6 cm³/mol. The molecule has 2 nitrogen and oxygen atoms in total. The molecule has 0 bridgehead atoms. The summed E-state index contributed by atoms with van der Waals surface area (Å²) in [6, 6.07) is 0. The lowest BCUT2D eigenvalue weighted by atomic mass is 9.53. The average molecular weight is 168 g/mol. The van der Waals surface area contributed by atoms with Crippen molar-refractivity contribution in [1.82, 2.24) is 0 Å². The zero-order valence-electron chi connectivity index (χ0n) is 7.29. The standard InChI is InChI=1S/C10H16O2/c11-7-3-9-1-2-10(9,5-7)6-8(12)4-9/h7-8,11-12H,1-6H2. The Morgan fingerprint density at radius 3 is 1.33 bits per heavy atom. The maximum absolute atomic E-state index is 9.61. The van der Waals surface area contributed by atoms with Crippen LogP contribution in [0.2, 0.25) is 0 Å². The van der Waals surface area contributed by atoms with Gasteiger partial charge >= 0.3 is 0 Å². The normalized spacial score (nSPS) is 62.5. The van der Waals surface area contributed by atoms with Crippen molar-refractivity contribution in [3.8, 4) is 0 Å². The van der Waals surface area contributed by atoms with Crippen molar-refractivity contribution in [2.75, 3.05) is 0 Å². The SMILES string of the molecule is OC1CC23CCC2(C1)CC(O)C3. The molecule has 3 rings (SSSR count). The highest BCUT2D eigenvalue weighted by atomic mass is 16.3. The Bertz CT molecular complexity index is 188. The molecule has 0 spiro atoms. The van der Waals surface area contributed by atoms with Crippen molar-refractivity contribution in [1.29, 1.82) is 0 Å². The molecule has 0 aromatic heterocycles. The molecule has 2 heteroatoms. The Morgan fingerprint density at radius 2 is 1.08 bits per heavy atom. The summed E-state index contributed by atoms with van der Waals surface area (Å²) in [6.07, 6.45) is 6.21. The van der Waals surface area contributed by atoms with Crippen LogP contribution in [-0.2, 0) is 0 Å². The fourth-order valence-electron chi connectivity index (χ4n) is 4.22. The summed E-state index contributed by atoms with van der Waals surface area (Å²) in [6.45, 7) is 0. The molecule has 0 aromatic carbocycles. The molecular weight excluding hydrogens is 152 g/mol. The summed E-state index contributed by atoms with van der Waals surface area (Å²) < 4.78 is 0. The molecule has 2 N–H and O–H groups in total. The molecule has 3 aliphatic carbocycles. The summed E-state index contributed by atoms with van der Waals surface area (Å²) in [5.41, 5.74) is 0.734. The Labute approximate surface area is 72.6 Å². The van der Waals surface area contributed by atoms with Crippen LogP contribution in [0.25, 0.3) is 0 Å². The molecular formula is C10H16O2. The molecule has 0 saturated heterocycles. The Hall–Kier alpha value is -0.0800. The summed E-state index contributed by atoms with van der Waals surface area (Å²) in [5, 5.41) is 19.2. The van der Waals surface area contributed by atoms with Crippen molar-refractivity contribution in [2.24, 2.45) is 10.8 Å². The first-order valence-electron chi connectivity index (χ1n) is 5.02. The van der Waals surface area contributed by atoms with Gasteiger partial charge in [-0.25, -0.2) is 0 Å². The third-order valence-electron chi connectivity index (χ3n) is 4.71. The van der Waals surface area contributed by atoms with Crippen molar-refractivity contribution in [2.45, 2.75) is 50.7 Å². The van der Waals surface area contributed by atoms with Crippen molar-refractivity contribution < 1.29 is 10.2 Å². The zero-order valence-corrected chi connectivity index (χ0v) is 7.29. The molecule has 68 valence electrons. The molecule has 0 aromatic rings. The van der Waals surface area contributed by atoms with E-state index in [1.165, 1.54) is 12.8 Å². The van der Waals surface area contributed by atoms with Gasteiger partial charge in [-0.3, -0.25) is 0 Å². The summed E-state index contributed by atoms with van der Waals surface area (Å²) >= 11 is 0. The molecule has 3 saturated carbocycles. The smallest absolute Gasteiger partial charge is 0.0551 e. The van der Waals surface area contributed by atoms with Gasteiger partial charge in [-0.15, -0.1) is 0 Å². The average Bonchev–Trinajstić information content (AvgIpc) is 2.19. The van der Waals surface area contributed by atoms with Gasteiger partial charge in [0.2, 0.25) is 0 Å². The Kier molecular flexibility index (Phi) is 1.15. The third-order valence-corrected chi connectivity index (χ3v) is 4.71. The maximum atomic E-state index is 9.61. The van der Waals surface area contributed by atoms with E-state index in [-0.39, 0.29) is 12.2 Å². The zero-order chi connectivity index (χ0) is 8.40. The highest BCUT2D eigenvalue weighted by Gasteiger charge is 2.67. The number of aliphatic hydroxyl groups is 2. The van der Waals surface area contributed by atoms with Gasteiger partial charge in [0.25, 0.3) is 0 Å². The number of hydrogen-bond donors (Lipinski definition) is 2. The minimum atomic E-state index is -0.0694. The summed E-state index contributed by atoms with van der Waals surface area (Å²) in [4.78, 5) is 0. The van der Waals surface area contributed by atoms with Crippen LogP contribution in [0.1, 0.15) is 38.5 Å². The largest absolute Gasteiger partial charge is 0.393 e. The van der Waals surface area contributed by atoms with Crippen LogP contribution in [0.15, 0.2) is 0 Å². The van der Waals surface area contributed by atoms with Crippen LogP contribution >= 0.6 is 0 Å². The third kappa shape index (κ3) is 0.612. The second-order valence-corrected chi connectivity index (χ2v) is 5.18. The molecule has 0 unspecified atom stereocenters. The molecule has 0 amide bonds.